The van der Waals surface area contributed by atoms with E-state index in [0.717, 1.165) is 24.0 Å². The Hall–Kier alpha value is -3.54. The maximum Gasteiger partial charge on any atom is 0.234 e. The molecule has 6 heteroatoms. The SMILES string of the molecule is C=CCC1C2C=CC1C1C(=O)N(Cc3cccc(CN4C(=O)C5C6C=CC(C6CC=C)C5C4=O)c3)C(=O)C21. The number of fused-ring (bicyclic) bond motifs is 10. The van der Waals surface area contributed by atoms with Gasteiger partial charge < -0.3 is 0 Å². The van der Waals surface area contributed by atoms with Crippen molar-refractivity contribution < 1.29 is 19.2 Å². The van der Waals surface area contributed by atoms with Crippen LogP contribution in [0.2, 0.25) is 0 Å². The number of benzene rings is 1. The van der Waals surface area contributed by atoms with Crippen molar-refractivity contribution in [3.8, 4) is 0 Å². The Kier molecular flexibility index (Phi) is 5.26. The molecule has 0 aromatic heterocycles. The molecule has 0 N–H and O–H groups in total. The fourth-order valence-corrected chi connectivity index (χ4v) is 8.83. The smallest absolute Gasteiger partial charge is 0.234 e. The quantitative estimate of drug-likeness (QED) is 0.394. The summed E-state index contributed by atoms with van der Waals surface area (Å²) < 4.78 is 0. The molecule has 1 aromatic carbocycles. The molecule has 6 aliphatic rings. The first-order valence-electron chi connectivity index (χ1n) is 13.8. The van der Waals surface area contributed by atoms with E-state index in [0.29, 0.717) is 11.8 Å². The lowest BCUT2D eigenvalue weighted by Gasteiger charge is -2.23. The van der Waals surface area contributed by atoms with Gasteiger partial charge >= 0.3 is 0 Å². The Morgan fingerprint density at radius 2 is 0.947 bits per heavy atom. The van der Waals surface area contributed by atoms with Crippen LogP contribution in [-0.4, -0.2) is 33.4 Å². The number of nitrogens with zero attached hydrogens (tertiary/aromatic N) is 2. The Labute approximate surface area is 222 Å². The van der Waals surface area contributed by atoms with Crippen LogP contribution < -0.4 is 0 Å². The van der Waals surface area contributed by atoms with Crippen molar-refractivity contribution in [3.63, 3.8) is 0 Å². The number of hydrogen-bond acceptors (Lipinski definition) is 4. The van der Waals surface area contributed by atoms with Crippen LogP contribution in [0.4, 0.5) is 0 Å². The zero-order chi connectivity index (χ0) is 26.3. The van der Waals surface area contributed by atoms with Gasteiger partial charge in [-0.1, -0.05) is 60.7 Å². The molecule has 4 fully saturated rings. The third-order valence-corrected chi connectivity index (χ3v) is 10.3. The summed E-state index contributed by atoms with van der Waals surface area (Å²) in [5.41, 5.74) is 1.67. The van der Waals surface area contributed by atoms with Gasteiger partial charge in [-0.15, -0.1) is 13.2 Å². The molecule has 7 rings (SSSR count). The predicted molar refractivity (Wildman–Crippen MR) is 140 cm³/mol. The van der Waals surface area contributed by atoms with E-state index >= 15 is 0 Å². The van der Waals surface area contributed by atoms with Crippen LogP contribution in [0.25, 0.3) is 0 Å². The van der Waals surface area contributed by atoms with Crippen molar-refractivity contribution in [1.82, 2.24) is 9.80 Å². The molecule has 4 aliphatic carbocycles. The average molecular weight is 509 g/mol. The van der Waals surface area contributed by atoms with Gasteiger partial charge in [0.05, 0.1) is 36.8 Å². The van der Waals surface area contributed by atoms with Gasteiger partial charge in [0.1, 0.15) is 0 Å². The average Bonchev–Trinajstić information content (AvgIpc) is 3.73. The molecular formula is C32H32N2O4. The summed E-state index contributed by atoms with van der Waals surface area (Å²) >= 11 is 0. The molecule has 38 heavy (non-hydrogen) atoms. The number of amides is 4. The van der Waals surface area contributed by atoms with Gasteiger partial charge in [0.25, 0.3) is 0 Å². The number of carbonyl (C=O) groups excluding carboxylic acids is 4. The van der Waals surface area contributed by atoms with Crippen molar-refractivity contribution in [2.75, 3.05) is 0 Å². The maximum atomic E-state index is 13.4. The van der Waals surface area contributed by atoms with Gasteiger partial charge in [-0.2, -0.15) is 0 Å². The lowest BCUT2D eigenvalue weighted by Crippen LogP contribution is -2.34. The second-order valence-electron chi connectivity index (χ2n) is 11.9. The van der Waals surface area contributed by atoms with Crippen molar-refractivity contribution in [2.24, 2.45) is 59.2 Å². The highest BCUT2D eigenvalue weighted by atomic mass is 16.2. The third kappa shape index (κ3) is 3.06. The van der Waals surface area contributed by atoms with Crippen LogP contribution in [0.15, 0.2) is 73.9 Å². The summed E-state index contributed by atoms with van der Waals surface area (Å²) in [4.78, 5) is 56.4. The normalized spacial score (nSPS) is 39.6. The van der Waals surface area contributed by atoms with Gasteiger partial charge in [-0.25, -0.2) is 0 Å². The molecule has 8 unspecified atom stereocenters. The molecule has 4 amide bonds. The molecule has 194 valence electrons. The number of imide groups is 2. The van der Waals surface area contributed by atoms with Crippen LogP contribution in [0.1, 0.15) is 24.0 Å². The lowest BCUT2D eigenvalue weighted by atomic mass is 9.85. The zero-order valence-electron chi connectivity index (χ0n) is 21.3. The van der Waals surface area contributed by atoms with Gasteiger partial charge in [0.15, 0.2) is 0 Å². The molecule has 1 aromatic rings. The van der Waals surface area contributed by atoms with Crippen LogP contribution >= 0.6 is 0 Å². The van der Waals surface area contributed by atoms with E-state index < -0.39 is 0 Å². The van der Waals surface area contributed by atoms with E-state index in [1.54, 1.807) is 0 Å². The summed E-state index contributed by atoms with van der Waals surface area (Å²) in [6, 6.07) is 7.60. The zero-order valence-corrected chi connectivity index (χ0v) is 21.3. The molecule has 2 aliphatic heterocycles. The molecule has 0 radical (unpaired) electrons. The first-order valence-corrected chi connectivity index (χ1v) is 13.8. The number of allylic oxidation sites excluding steroid dienone is 6. The lowest BCUT2D eigenvalue weighted by molar-refractivity contribution is -0.143. The van der Waals surface area contributed by atoms with Gasteiger partial charge in [0.2, 0.25) is 23.6 Å². The highest BCUT2D eigenvalue weighted by Crippen LogP contribution is 2.58. The number of hydrogen-bond donors (Lipinski definition) is 0. The van der Waals surface area contributed by atoms with Gasteiger partial charge in [-0.05, 0) is 59.5 Å². The second-order valence-corrected chi connectivity index (χ2v) is 11.9. The molecular weight excluding hydrogens is 476 g/mol. The summed E-state index contributed by atoms with van der Waals surface area (Å²) in [7, 11) is 0. The van der Waals surface area contributed by atoms with E-state index in [1.165, 1.54) is 9.80 Å². The van der Waals surface area contributed by atoms with Gasteiger partial charge in [0, 0.05) is 0 Å². The largest absolute Gasteiger partial charge is 0.278 e. The standard InChI is InChI=1S/C32H32N2O4/c1-3-6-19-21-10-11-22(19)26-25(21)29(35)33(30(26)36)15-17-8-5-9-18(14-17)16-34-31(37)27-23-12-13-24(20(23)7-4-2)28(27)32(34)38/h3-5,8-14,19-28H,1-2,6-7,15-16H2. The Morgan fingerprint density at radius 3 is 1.26 bits per heavy atom. The first kappa shape index (κ1) is 23.6. The van der Waals surface area contributed by atoms with Crippen LogP contribution in [0, 0.1) is 59.2 Å². The van der Waals surface area contributed by atoms with E-state index in [-0.39, 0.29) is 84.1 Å². The minimum absolute atomic E-state index is 0.0777. The van der Waals surface area contributed by atoms with E-state index in [9.17, 15) is 19.2 Å². The molecule has 8 atom stereocenters. The Bertz CT molecular complexity index is 1180. The van der Waals surface area contributed by atoms with Gasteiger partial charge in [-0.3, -0.25) is 29.0 Å². The summed E-state index contributed by atoms with van der Waals surface area (Å²) in [6.07, 6.45) is 13.9. The third-order valence-electron chi connectivity index (χ3n) is 10.3. The fraction of sp³-hybridized carbons (Fsp3) is 0.438. The van der Waals surface area contributed by atoms with E-state index in [2.05, 4.69) is 37.5 Å². The van der Waals surface area contributed by atoms with Crippen LogP contribution in [0.3, 0.4) is 0 Å². The summed E-state index contributed by atoms with van der Waals surface area (Å²) in [5.74, 6) is -0.334. The highest BCUT2D eigenvalue weighted by Gasteiger charge is 2.64. The number of rotatable bonds is 8. The van der Waals surface area contributed by atoms with Crippen molar-refractivity contribution >= 4 is 23.6 Å². The number of carbonyl (C=O) groups is 4. The first-order chi connectivity index (χ1) is 18.4. The molecule has 2 heterocycles. The highest BCUT2D eigenvalue weighted by molar-refractivity contribution is 6.07. The Morgan fingerprint density at radius 1 is 0.605 bits per heavy atom. The van der Waals surface area contributed by atoms with Crippen LogP contribution in [-0.2, 0) is 32.3 Å². The van der Waals surface area contributed by atoms with Crippen molar-refractivity contribution in [2.45, 2.75) is 25.9 Å². The van der Waals surface area contributed by atoms with E-state index in [4.69, 9.17) is 0 Å². The minimum Gasteiger partial charge on any atom is -0.278 e. The summed E-state index contributed by atoms with van der Waals surface area (Å²) in [6.45, 7) is 8.14. The maximum absolute atomic E-state index is 13.4. The Balaban J connectivity index is 1.06. The summed E-state index contributed by atoms with van der Waals surface area (Å²) in [5, 5.41) is 0. The molecule has 6 nitrogen and oxygen atoms in total. The fourth-order valence-electron chi connectivity index (χ4n) is 8.83. The molecule has 2 saturated carbocycles. The number of likely N-dealkylation sites (tertiary alicyclic amines) is 2. The topological polar surface area (TPSA) is 74.8 Å². The predicted octanol–water partition coefficient (Wildman–Crippen LogP) is 3.91. The second kappa shape index (κ2) is 8.48. The van der Waals surface area contributed by atoms with Crippen molar-refractivity contribution in [1.29, 1.82) is 0 Å². The monoisotopic (exact) mass is 508 g/mol. The molecule has 4 bridgehead atoms. The van der Waals surface area contributed by atoms with Crippen molar-refractivity contribution in [3.05, 3.63) is 85.0 Å². The molecule has 2 saturated heterocycles. The van der Waals surface area contributed by atoms with Crippen LogP contribution in [0.5, 0.6) is 0 Å². The molecule has 0 spiro atoms. The minimum atomic E-state index is -0.265. The van der Waals surface area contributed by atoms with E-state index in [1.807, 2.05) is 36.4 Å².